The van der Waals surface area contributed by atoms with Crippen LogP contribution in [0.15, 0.2) is 0 Å². The van der Waals surface area contributed by atoms with Crippen LogP contribution in [0, 0.1) is 16.7 Å². The van der Waals surface area contributed by atoms with Gasteiger partial charge in [-0.2, -0.15) is 0 Å². The Morgan fingerprint density at radius 3 is 2.29 bits per heavy atom. The lowest BCUT2D eigenvalue weighted by molar-refractivity contribution is -0.113. The second kappa shape index (κ2) is 4.48. The highest BCUT2D eigenvalue weighted by molar-refractivity contribution is 5.65. The first-order valence-corrected chi connectivity index (χ1v) is 6.10. The molecule has 4 heteroatoms. The molecule has 1 heterocycles. The number of piperidine rings is 1. The van der Waals surface area contributed by atoms with Gasteiger partial charge in [0, 0.05) is 31.5 Å². The minimum atomic E-state index is -0.832. The van der Waals surface area contributed by atoms with Crippen LogP contribution in [0.4, 0.5) is 4.79 Å². The monoisotopic (exact) mass is 243 g/mol. The van der Waals surface area contributed by atoms with Gasteiger partial charge in [-0.1, -0.05) is 34.6 Å². The summed E-state index contributed by atoms with van der Waals surface area (Å²) in [6.45, 7) is 11.7. The van der Waals surface area contributed by atoms with E-state index >= 15 is 0 Å². The molecular weight excluding hydrogens is 218 g/mol. The lowest BCUT2D eigenvalue weighted by atomic mass is 9.66. The third-order valence-corrected chi connectivity index (χ3v) is 3.79. The van der Waals surface area contributed by atoms with Crippen LogP contribution in [0.1, 0.15) is 34.6 Å². The number of methoxy groups -OCH3 is 1. The van der Waals surface area contributed by atoms with Crippen LogP contribution in [-0.4, -0.2) is 42.4 Å². The second-order valence-electron chi connectivity index (χ2n) is 6.78. The molecule has 1 aliphatic rings. The van der Waals surface area contributed by atoms with E-state index in [-0.39, 0.29) is 22.9 Å². The highest BCUT2D eigenvalue weighted by Gasteiger charge is 2.47. The molecule has 0 radical (unpaired) electrons. The second-order valence-corrected chi connectivity index (χ2v) is 6.78. The van der Waals surface area contributed by atoms with Crippen molar-refractivity contribution < 1.29 is 14.6 Å². The Bertz CT molecular complexity index is 294. The molecule has 0 spiro atoms. The Morgan fingerprint density at radius 2 is 1.94 bits per heavy atom. The van der Waals surface area contributed by atoms with Crippen molar-refractivity contribution in [1.29, 1.82) is 0 Å². The summed E-state index contributed by atoms with van der Waals surface area (Å²) in [6.07, 6.45) is -0.736. The van der Waals surface area contributed by atoms with Crippen LogP contribution < -0.4 is 0 Å². The average Bonchev–Trinajstić information content (AvgIpc) is 2.13. The molecule has 1 N–H and O–H groups in total. The molecule has 0 saturated carbocycles. The van der Waals surface area contributed by atoms with Gasteiger partial charge in [0.05, 0.1) is 6.10 Å². The summed E-state index contributed by atoms with van der Waals surface area (Å²) < 4.78 is 5.65. The van der Waals surface area contributed by atoms with Crippen molar-refractivity contribution in [2.24, 2.45) is 16.7 Å². The number of carboxylic acid groups (broad SMARTS) is 1. The molecule has 100 valence electrons. The van der Waals surface area contributed by atoms with Gasteiger partial charge in [-0.15, -0.1) is 0 Å². The lowest BCUT2D eigenvalue weighted by Crippen LogP contribution is -2.59. The summed E-state index contributed by atoms with van der Waals surface area (Å²) in [4.78, 5) is 12.7. The van der Waals surface area contributed by atoms with E-state index in [1.807, 2.05) is 0 Å². The minimum absolute atomic E-state index is 0.0338. The van der Waals surface area contributed by atoms with Crippen molar-refractivity contribution in [3.63, 3.8) is 0 Å². The standard InChI is InChI=1S/C13H25NO3/c1-12(2,3)9-7-14(11(15)16)8-13(4,5)10(9)17-6/h9-10H,7-8H2,1-6H3,(H,15,16). The molecule has 1 aliphatic heterocycles. The van der Waals surface area contributed by atoms with Gasteiger partial charge in [0.2, 0.25) is 0 Å². The van der Waals surface area contributed by atoms with Gasteiger partial charge in [-0.3, -0.25) is 0 Å². The molecule has 1 amide bonds. The Morgan fingerprint density at radius 1 is 1.41 bits per heavy atom. The molecule has 1 saturated heterocycles. The third kappa shape index (κ3) is 2.92. The van der Waals surface area contributed by atoms with Gasteiger partial charge < -0.3 is 14.7 Å². The summed E-state index contributed by atoms with van der Waals surface area (Å²) in [5.41, 5.74) is -0.116. The smallest absolute Gasteiger partial charge is 0.407 e. The maximum absolute atomic E-state index is 11.2. The van der Waals surface area contributed by atoms with Gasteiger partial charge in [0.15, 0.2) is 0 Å². The van der Waals surface area contributed by atoms with E-state index in [4.69, 9.17) is 4.74 Å². The summed E-state index contributed by atoms with van der Waals surface area (Å²) in [5.74, 6) is 0.215. The fraction of sp³-hybridized carbons (Fsp3) is 0.923. The number of carbonyl (C=O) groups is 1. The van der Waals surface area contributed by atoms with Crippen molar-refractivity contribution in [2.45, 2.75) is 40.7 Å². The van der Waals surface area contributed by atoms with Crippen LogP contribution in [0.3, 0.4) is 0 Å². The van der Waals surface area contributed by atoms with Gasteiger partial charge in [0.25, 0.3) is 0 Å². The summed E-state index contributed by atoms with van der Waals surface area (Å²) in [5, 5.41) is 9.20. The number of amides is 1. The molecule has 0 aromatic heterocycles. The van der Waals surface area contributed by atoms with Gasteiger partial charge in [0.1, 0.15) is 0 Å². The molecule has 0 bridgehead atoms. The van der Waals surface area contributed by atoms with E-state index in [0.29, 0.717) is 13.1 Å². The van der Waals surface area contributed by atoms with Gasteiger partial charge in [-0.05, 0) is 5.41 Å². The third-order valence-electron chi connectivity index (χ3n) is 3.79. The molecule has 4 nitrogen and oxygen atoms in total. The maximum Gasteiger partial charge on any atom is 0.407 e. The van der Waals surface area contributed by atoms with E-state index in [2.05, 4.69) is 34.6 Å². The number of nitrogens with zero attached hydrogens (tertiary/aromatic N) is 1. The van der Waals surface area contributed by atoms with Crippen molar-refractivity contribution in [3.8, 4) is 0 Å². The number of likely N-dealkylation sites (tertiary alicyclic amines) is 1. The average molecular weight is 243 g/mol. The first-order chi connectivity index (χ1) is 7.59. The van der Waals surface area contributed by atoms with Gasteiger partial charge in [-0.25, -0.2) is 4.79 Å². The van der Waals surface area contributed by atoms with E-state index in [0.717, 1.165) is 0 Å². The molecule has 0 aromatic carbocycles. The SMILES string of the molecule is COC1C(C(C)(C)C)CN(C(=O)O)CC1(C)C. The van der Waals surface area contributed by atoms with E-state index < -0.39 is 6.09 Å². The predicted octanol–water partition coefficient (Wildman–Crippen LogP) is 2.68. The predicted molar refractivity (Wildman–Crippen MR) is 67.1 cm³/mol. The zero-order chi connectivity index (χ0) is 13.4. The Labute approximate surface area is 104 Å². The van der Waals surface area contributed by atoms with E-state index in [9.17, 15) is 9.90 Å². The fourth-order valence-electron chi connectivity index (χ4n) is 2.88. The molecule has 17 heavy (non-hydrogen) atoms. The van der Waals surface area contributed by atoms with Crippen LogP contribution in [0.2, 0.25) is 0 Å². The molecule has 0 aliphatic carbocycles. The number of hydrogen-bond acceptors (Lipinski definition) is 2. The first kappa shape index (κ1) is 14.3. The van der Waals surface area contributed by atoms with E-state index in [1.54, 1.807) is 7.11 Å². The topological polar surface area (TPSA) is 49.8 Å². The normalized spacial score (nSPS) is 29.2. The zero-order valence-electron chi connectivity index (χ0n) is 11.8. The molecule has 1 rings (SSSR count). The molecule has 1 fully saturated rings. The number of ether oxygens (including phenoxy) is 1. The number of hydrogen-bond donors (Lipinski definition) is 1. The minimum Gasteiger partial charge on any atom is -0.465 e. The van der Waals surface area contributed by atoms with Crippen molar-refractivity contribution in [1.82, 2.24) is 4.90 Å². The van der Waals surface area contributed by atoms with Crippen molar-refractivity contribution in [3.05, 3.63) is 0 Å². The Hall–Kier alpha value is -0.770. The summed E-state index contributed by atoms with van der Waals surface area (Å²) in [6, 6.07) is 0. The fourth-order valence-corrected chi connectivity index (χ4v) is 2.88. The van der Waals surface area contributed by atoms with Crippen LogP contribution in [0.25, 0.3) is 0 Å². The molecular formula is C13H25NO3. The largest absolute Gasteiger partial charge is 0.465 e. The number of rotatable bonds is 1. The highest BCUT2D eigenvalue weighted by atomic mass is 16.5. The van der Waals surface area contributed by atoms with Crippen molar-refractivity contribution in [2.75, 3.05) is 20.2 Å². The van der Waals surface area contributed by atoms with E-state index in [1.165, 1.54) is 4.90 Å². The first-order valence-electron chi connectivity index (χ1n) is 6.10. The van der Waals surface area contributed by atoms with Crippen LogP contribution >= 0.6 is 0 Å². The summed E-state index contributed by atoms with van der Waals surface area (Å²) in [7, 11) is 1.72. The van der Waals surface area contributed by atoms with Crippen LogP contribution in [-0.2, 0) is 4.74 Å². The lowest BCUT2D eigenvalue weighted by Gasteiger charge is -2.51. The Kier molecular flexibility index (Phi) is 3.77. The molecule has 2 atom stereocenters. The maximum atomic E-state index is 11.2. The molecule has 0 aromatic rings. The van der Waals surface area contributed by atoms with Crippen LogP contribution in [0.5, 0.6) is 0 Å². The zero-order valence-corrected chi connectivity index (χ0v) is 11.8. The van der Waals surface area contributed by atoms with Gasteiger partial charge >= 0.3 is 6.09 Å². The van der Waals surface area contributed by atoms with Crippen molar-refractivity contribution >= 4 is 6.09 Å². The Balaban J connectivity index is 3.03. The summed E-state index contributed by atoms with van der Waals surface area (Å²) >= 11 is 0. The molecule has 2 unspecified atom stereocenters. The highest BCUT2D eigenvalue weighted by Crippen LogP contribution is 2.42. The quantitative estimate of drug-likeness (QED) is 0.770.